The van der Waals surface area contributed by atoms with Gasteiger partial charge in [-0.05, 0) is 43.9 Å². The SMILES string of the molecule is Cc1c(Br)cc(C(=O)N2CC(C)CC2C)cc1S(=O)(=O)Cl. The van der Waals surface area contributed by atoms with Crippen LogP contribution in [-0.4, -0.2) is 31.8 Å². The number of carbonyl (C=O) groups excluding carboxylic acids is 1. The minimum atomic E-state index is -3.89. The van der Waals surface area contributed by atoms with Gasteiger partial charge in [-0.15, -0.1) is 0 Å². The first-order valence-electron chi connectivity index (χ1n) is 6.67. The molecule has 1 saturated heterocycles. The van der Waals surface area contributed by atoms with E-state index in [9.17, 15) is 13.2 Å². The van der Waals surface area contributed by atoms with Crippen LogP contribution in [-0.2, 0) is 9.05 Å². The van der Waals surface area contributed by atoms with E-state index in [0.717, 1.165) is 6.42 Å². The highest BCUT2D eigenvalue weighted by atomic mass is 79.9. The van der Waals surface area contributed by atoms with Crippen molar-refractivity contribution in [3.8, 4) is 0 Å². The van der Waals surface area contributed by atoms with E-state index in [1.165, 1.54) is 6.07 Å². The summed E-state index contributed by atoms with van der Waals surface area (Å²) >= 11 is 3.30. The van der Waals surface area contributed by atoms with Gasteiger partial charge in [0.15, 0.2) is 0 Å². The summed E-state index contributed by atoms with van der Waals surface area (Å²) in [6.07, 6.45) is 0.958. The Bertz CT molecular complexity index is 690. The van der Waals surface area contributed by atoms with Gasteiger partial charge >= 0.3 is 0 Å². The van der Waals surface area contributed by atoms with E-state index in [1.807, 2.05) is 6.92 Å². The van der Waals surface area contributed by atoms with Crippen LogP contribution in [0, 0.1) is 12.8 Å². The molecule has 1 fully saturated rings. The van der Waals surface area contributed by atoms with Crippen molar-refractivity contribution >= 4 is 41.6 Å². The highest BCUT2D eigenvalue weighted by Gasteiger charge is 2.31. The summed E-state index contributed by atoms with van der Waals surface area (Å²) in [6.45, 7) is 6.44. The van der Waals surface area contributed by atoms with E-state index in [1.54, 1.807) is 17.9 Å². The number of likely N-dealkylation sites (tertiary alicyclic amines) is 1. The maximum Gasteiger partial charge on any atom is 0.261 e. The smallest absolute Gasteiger partial charge is 0.261 e. The predicted molar refractivity (Wildman–Crippen MR) is 86.2 cm³/mol. The van der Waals surface area contributed by atoms with Crippen LogP contribution in [0.15, 0.2) is 21.5 Å². The van der Waals surface area contributed by atoms with Crippen molar-refractivity contribution in [2.45, 2.75) is 38.1 Å². The Labute approximate surface area is 138 Å². The molecule has 1 aliphatic rings. The van der Waals surface area contributed by atoms with Crippen molar-refractivity contribution in [1.82, 2.24) is 4.90 Å². The van der Waals surface area contributed by atoms with Gasteiger partial charge in [0.2, 0.25) is 0 Å². The summed E-state index contributed by atoms with van der Waals surface area (Å²) in [6, 6.07) is 3.17. The predicted octanol–water partition coefficient (Wildman–Crippen LogP) is 3.56. The minimum absolute atomic E-state index is 0.0261. The largest absolute Gasteiger partial charge is 0.336 e. The average molecular weight is 395 g/mol. The minimum Gasteiger partial charge on any atom is -0.336 e. The van der Waals surface area contributed by atoms with Crippen LogP contribution in [0.2, 0.25) is 0 Å². The molecule has 4 nitrogen and oxygen atoms in total. The summed E-state index contributed by atoms with van der Waals surface area (Å²) in [5.74, 6) is 0.295. The molecule has 7 heteroatoms. The molecule has 0 aromatic heterocycles. The molecule has 1 aliphatic heterocycles. The Morgan fingerprint density at radius 1 is 1.38 bits per heavy atom. The number of carbonyl (C=O) groups is 1. The molecule has 1 aromatic rings. The van der Waals surface area contributed by atoms with Crippen LogP contribution < -0.4 is 0 Å². The number of halogens is 2. The fourth-order valence-corrected chi connectivity index (χ4v) is 4.59. The van der Waals surface area contributed by atoms with E-state index < -0.39 is 9.05 Å². The molecule has 2 atom stereocenters. The van der Waals surface area contributed by atoms with Crippen LogP contribution in [0.1, 0.15) is 36.2 Å². The fraction of sp³-hybridized carbons (Fsp3) is 0.500. The lowest BCUT2D eigenvalue weighted by Crippen LogP contribution is -2.34. The second-order valence-corrected chi connectivity index (χ2v) is 9.06. The molecule has 0 N–H and O–H groups in total. The van der Waals surface area contributed by atoms with Crippen molar-refractivity contribution in [2.24, 2.45) is 5.92 Å². The molecule has 2 rings (SSSR count). The zero-order valence-electron chi connectivity index (χ0n) is 12.1. The van der Waals surface area contributed by atoms with E-state index in [0.29, 0.717) is 28.1 Å². The van der Waals surface area contributed by atoms with E-state index in [-0.39, 0.29) is 16.8 Å². The third-order valence-corrected chi connectivity index (χ3v) is 6.12. The summed E-state index contributed by atoms with van der Waals surface area (Å²) in [7, 11) is 1.56. The Balaban J connectivity index is 2.46. The summed E-state index contributed by atoms with van der Waals surface area (Å²) in [5, 5.41) is 0. The Hall–Kier alpha value is -0.590. The molecule has 116 valence electrons. The van der Waals surface area contributed by atoms with Gasteiger partial charge in [0.1, 0.15) is 0 Å². The van der Waals surface area contributed by atoms with Crippen molar-refractivity contribution in [3.05, 3.63) is 27.7 Å². The average Bonchev–Trinajstić information content (AvgIpc) is 2.69. The first-order chi connectivity index (χ1) is 9.61. The second kappa shape index (κ2) is 5.89. The zero-order valence-corrected chi connectivity index (χ0v) is 15.2. The highest BCUT2D eigenvalue weighted by molar-refractivity contribution is 9.10. The summed E-state index contributed by atoms with van der Waals surface area (Å²) in [5.41, 5.74) is 0.844. The van der Waals surface area contributed by atoms with Crippen molar-refractivity contribution in [1.29, 1.82) is 0 Å². The molecule has 1 heterocycles. The highest BCUT2D eigenvalue weighted by Crippen LogP contribution is 2.30. The molecule has 0 spiro atoms. The van der Waals surface area contributed by atoms with Gasteiger partial charge in [-0.25, -0.2) is 8.42 Å². The van der Waals surface area contributed by atoms with Crippen LogP contribution in [0.5, 0.6) is 0 Å². The molecule has 1 aromatic carbocycles. The number of hydrogen-bond acceptors (Lipinski definition) is 3. The lowest BCUT2D eigenvalue weighted by molar-refractivity contribution is 0.0743. The Morgan fingerprint density at radius 3 is 2.48 bits per heavy atom. The maximum atomic E-state index is 12.6. The zero-order chi connectivity index (χ0) is 15.9. The summed E-state index contributed by atoms with van der Waals surface area (Å²) < 4.78 is 23.8. The van der Waals surface area contributed by atoms with Crippen molar-refractivity contribution in [3.63, 3.8) is 0 Å². The number of amides is 1. The van der Waals surface area contributed by atoms with Gasteiger partial charge in [0.05, 0.1) is 4.90 Å². The van der Waals surface area contributed by atoms with Gasteiger partial charge in [-0.1, -0.05) is 22.9 Å². The second-order valence-electron chi connectivity index (χ2n) is 5.67. The number of nitrogens with zero attached hydrogens (tertiary/aromatic N) is 1. The van der Waals surface area contributed by atoms with Crippen LogP contribution in [0.3, 0.4) is 0 Å². The lowest BCUT2D eigenvalue weighted by Gasteiger charge is -2.22. The molecule has 0 radical (unpaired) electrons. The topological polar surface area (TPSA) is 54.5 Å². The maximum absolute atomic E-state index is 12.6. The quantitative estimate of drug-likeness (QED) is 0.721. The van der Waals surface area contributed by atoms with Crippen LogP contribution in [0.25, 0.3) is 0 Å². The Kier molecular flexibility index (Phi) is 4.71. The number of rotatable bonds is 2. The molecule has 21 heavy (non-hydrogen) atoms. The summed E-state index contributed by atoms with van der Waals surface area (Å²) in [4.78, 5) is 14.4. The van der Waals surface area contributed by atoms with Gasteiger partial charge in [-0.2, -0.15) is 0 Å². The fourth-order valence-electron chi connectivity index (χ4n) is 2.78. The molecule has 1 amide bonds. The molecular formula is C14H17BrClNO3S. The van der Waals surface area contributed by atoms with Crippen molar-refractivity contribution < 1.29 is 13.2 Å². The third kappa shape index (κ3) is 3.43. The monoisotopic (exact) mass is 393 g/mol. The van der Waals surface area contributed by atoms with E-state index in [2.05, 4.69) is 22.9 Å². The third-order valence-electron chi connectivity index (χ3n) is 3.85. The first kappa shape index (κ1) is 16.8. The Morgan fingerprint density at radius 2 is 2.00 bits per heavy atom. The molecule has 2 unspecified atom stereocenters. The van der Waals surface area contributed by atoms with Gasteiger partial charge < -0.3 is 4.90 Å². The van der Waals surface area contributed by atoms with Crippen LogP contribution in [0.4, 0.5) is 0 Å². The van der Waals surface area contributed by atoms with Crippen molar-refractivity contribution in [2.75, 3.05) is 6.54 Å². The van der Waals surface area contributed by atoms with E-state index >= 15 is 0 Å². The number of hydrogen-bond donors (Lipinski definition) is 0. The van der Waals surface area contributed by atoms with Gasteiger partial charge in [0, 0.05) is 33.3 Å². The van der Waals surface area contributed by atoms with Crippen LogP contribution >= 0.6 is 26.6 Å². The number of benzene rings is 1. The lowest BCUT2D eigenvalue weighted by atomic mass is 10.1. The molecule has 0 bridgehead atoms. The standard InChI is InChI=1S/C14H17BrClNO3S/c1-8-4-9(2)17(7-8)14(18)11-5-12(15)10(3)13(6-11)21(16,19)20/h5-6,8-9H,4,7H2,1-3H3. The molecular weight excluding hydrogens is 378 g/mol. The normalized spacial score (nSPS) is 22.6. The van der Waals surface area contributed by atoms with E-state index in [4.69, 9.17) is 10.7 Å². The van der Waals surface area contributed by atoms with Gasteiger partial charge in [-0.3, -0.25) is 4.79 Å². The van der Waals surface area contributed by atoms with Gasteiger partial charge in [0.25, 0.3) is 15.0 Å². The molecule has 0 aliphatic carbocycles. The molecule has 0 saturated carbocycles. The first-order valence-corrected chi connectivity index (χ1v) is 9.77.